The highest BCUT2D eigenvalue weighted by molar-refractivity contribution is 7.99. The van der Waals surface area contributed by atoms with Gasteiger partial charge in [-0.1, -0.05) is 103 Å². The van der Waals surface area contributed by atoms with Gasteiger partial charge in [-0.05, 0) is 96.7 Å². The summed E-state index contributed by atoms with van der Waals surface area (Å²) in [5, 5.41) is 0. The van der Waals surface area contributed by atoms with Crippen molar-refractivity contribution in [2.45, 2.75) is 47.3 Å². The average molecular weight is 640 g/mol. The van der Waals surface area contributed by atoms with Gasteiger partial charge >= 0.3 is 0 Å². The second-order valence-corrected chi connectivity index (χ2v) is 15.5. The fourth-order valence-electron chi connectivity index (χ4n) is 10.3. The maximum atomic E-state index is 6.57. The standard InChI is InChI=1S/C43H33N3OS/c1-3-9-27(10-4-1)40-44-41(28-11-5-2-6-12-28)46-42(45-40)29-15-16-32-34(24-29)43(30-20-25-19-26(22-30)23-31(43)21-25)33-17-18-36-39(38(32)33)48-37-14-8-7-13-35(37)47-36/h1-18,24-26,30-31H,19-23H2. The Morgan fingerprint density at radius 1 is 0.542 bits per heavy atom. The van der Waals surface area contributed by atoms with Crippen molar-refractivity contribution in [3.8, 4) is 56.8 Å². The molecule has 1 spiro atoms. The third-order valence-corrected chi connectivity index (χ3v) is 13.1. The summed E-state index contributed by atoms with van der Waals surface area (Å²) in [7, 11) is 0. The smallest absolute Gasteiger partial charge is 0.164 e. The van der Waals surface area contributed by atoms with E-state index in [1.165, 1.54) is 64.1 Å². The molecule has 0 radical (unpaired) electrons. The van der Waals surface area contributed by atoms with Crippen LogP contribution in [0.5, 0.6) is 11.5 Å². The minimum Gasteiger partial charge on any atom is -0.455 e. The lowest BCUT2D eigenvalue weighted by Gasteiger charge is -2.61. The van der Waals surface area contributed by atoms with Gasteiger partial charge in [0.15, 0.2) is 17.5 Å². The van der Waals surface area contributed by atoms with Crippen LogP contribution >= 0.6 is 11.8 Å². The first-order valence-corrected chi connectivity index (χ1v) is 18.2. The predicted octanol–water partition coefficient (Wildman–Crippen LogP) is 10.9. The molecule has 5 aromatic carbocycles. The largest absolute Gasteiger partial charge is 0.455 e. The highest BCUT2D eigenvalue weighted by atomic mass is 32.2. The van der Waals surface area contributed by atoms with E-state index in [9.17, 15) is 0 Å². The third kappa shape index (κ3) is 3.82. The topological polar surface area (TPSA) is 47.9 Å². The maximum absolute atomic E-state index is 6.57. The first-order chi connectivity index (χ1) is 23.7. The zero-order valence-corrected chi connectivity index (χ0v) is 27.3. The van der Waals surface area contributed by atoms with Gasteiger partial charge in [-0.3, -0.25) is 0 Å². The number of fused-ring (bicyclic) bond motifs is 6. The number of ether oxygens (including phenoxy) is 1. The van der Waals surface area contributed by atoms with Gasteiger partial charge < -0.3 is 4.74 Å². The minimum atomic E-state index is 0.0121. The molecule has 1 aromatic heterocycles. The van der Waals surface area contributed by atoms with Gasteiger partial charge in [0.25, 0.3) is 0 Å². The van der Waals surface area contributed by atoms with E-state index in [0.29, 0.717) is 23.5 Å². The summed E-state index contributed by atoms with van der Waals surface area (Å²) in [6.07, 6.45) is 6.77. The molecule has 4 fully saturated rings. The van der Waals surface area contributed by atoms with Crippen molar-refractivity contribution < 1.29 is 4.74 Å². The number of para-hydroxylation sites is 1. The number of rotatable bonds is 3. The number of aromatic nitrogens is 3. The molecule has 48 heavy (non-hydrogen) atoms. The summed E-state index contributed by atoms with van der Waals surface area (Å²) in [4.78, 5) is 17.7. The van der Waals surface area contributed by atoms with Crippen molar-refractivity contribution in [3.63, 3.8) is 0 Å². The van der Waals surface area contributed by atoms with Crippen LogP contribution in [0.4, 0.5) is 0 Å². The molecule has 0 atom stereocenters. The number of benzene rings is 5. The van der Waals surface area contributed by atoms with Gasteiger partial charge in [0.1, 0.15) is 11.5 Å². The molecule has 6 aromatic rings. The quantitative estimate of drug-likeness (QED) is 0.193. The Bertz CT molecular complexity index is 2180. The van der Waals surface area contributed by atoms with Crippen LogP contribution < -0.4 is 4.74 Å². The third-order valence-electron chi connectivity index (χ3n) is 12.0. The van der Waals surface area contributed by atoms with E-state index in [4.69, 9.17) is 19.7 Å². The van der Waals surface area contributed by atoms with Crippen LogP contribution in [-0.4, -0.2) is 15.0 Å². The van der Waals surface area contributed by atoms with Gasteiger partial charge in [0, 0.05) is 27.7 Å². The van der Waals surface area contributed by atoms with Crippen LogP contribution in [0.1, 0.15) is 43.2 Å². The van der Waals surface area contributed by atoms with Crippen molar-refractivity contribution in [2.75, 3.05) is 0 Å². The Labute approximate surface area is 284 Å². The molecular formula is C43H33N3OS. The van der Waals surface area contributed by atoms with E-state index < -0.39 is 0 Å². The second-order valence-electron chi connectivity index (χ2n) is 14.4. The molecule has 6 aliphatic rings. The Balaban J connectivity index is 1.13. The van der Waals surface area contributed by atoms with E-state index in [1.807, 2.05) is 48.2 Å². The Hall–Kier alpha value is -4.74. The lowest BCUT2D eigenvalue weighted by atomic mass is 9.43. The molecule has 2 heterocycles. The molecule has 232 valence electrons. The molecule has 4 bridgehead atoms. The summed E-state index contributed by atoms with van der Waals surface area (Å²) < 4.78 is 6.57. The van der Waals surface area contributed by atoms with Gasteiger partial charge in [-0.15, -0.1) is 0 Å². The van der Waals surface area contributed by atoms with Crippen LogP contribution in [0.15, 0.2) is 125 Å². The highest BCUT2D eigenvalue weighted by Crippen LogP contribution is 2.71. The van der Waals surface area contributed by atoms with Crippen molar-refractivity contribution in [3.05, 3.63) is 126 Å². The summed E-state index contributed by atoms with van der Waals surface area (Å²) >= 11 is 1.88. The first kappa shape index (κ1) is 27.2. The summed E-state index contributed by atoms with van der Waals surface area (Å²) in [6.45, 7) is 0. The van der Waals surface area contributed by atoms with E-state index in [0.717, 1.165) is 45.8 Å². The zero-order chi connectivity index (χ0) is 31.4. The fraction of sp³-hybridized carbons (Fsp3) is 0.233. The Kier molecular flexibility index (Phi) is 5.75. The Morgan fingerprint density at radius 3 is 1.81 bits per heavy atom. The minimum absolute atomic E-state index is 0.0121. The van der Waals surface area contributed by atoms with Crippen LogP contribution in [0, 0.1) is 23.7 Å². The SMILES string of the molecule is c1ccc(-c2nc(-c3ccccc3)nc(-c3ccc4c(c3)C3(c5ccc6c(c5-4)Sc4ccccc4O6)C4CC5CC(C4)CC3C5)n2)cc1. The lowest BCUT2D eigenvalue weighted by Crippen LogP contribution is -2.55. The van der Waals surface area contributed by atoms with Crippen molar-refractivity contribution in [1.29, 1.82) is 0 Å². The van der Waals surface area contributed by atoms with E-state index in [1.54, 1.807) is 0 Å². The van der Waals surface area contributed by atoms with Crippen LogP contribution in [0.3, 0.4) is 0 Å². The van der Waals surface area contributed by atoms with Crippen molar-refractivity contribution in [1.82, 2.24) is 15.0 Å². The highest BCUT2D eigenvalue weighted by Gasteiger charge is 2.62. The second kappa shape index (κ2) is 10.1. The van der Waals surface area contributed by atoms with Crippen molar-refractivity contribution >= 4 is 11.8 Å². The summed E-state index contributed by atoms with van der Waals surface area (Å²) in [6, 6.07) is 40.8. The lowest BCUT2D eigenvalue weighted by molar-refractivity contribution is -0.0399. The van der Waals surface area contributed by atoms with E-state index in [2.05, 4.69) is 78.9 Å². The number of hydrogen-bond donors (Lipinski definition) is 0. The van der Waals surface area contributed by atoms with E-state index >= 15 is 0 Å². The van der Waals surface area contributed by atoms with Gasteiger partial charge in [0.05, 0.1) is 9.79 Å². The predicted molar refractivity (Wildman–Crippen MR) is 190 cm³/mol. The molecule has 0 unspecified atom stereocenters. The van der Waals surface area contributed by atoms with E-state index in [-0.39, 0.29) is 5.41 Å². The molecule has 5 heteroatoms. The number of nitrogens with zero attached hydrogens (tertiary/aromatic N) is 3. The van der Waals surface area contributed by atoms with Gasteiger partial charge in [0.2, 0.25) is 0 Å². The molecular weight excluding hydrogens is 607 g/mol. The first-order valence-electron chi connectivity index (χ1n) is 17.4. The molecule has 1 aliphatic heterocycles. The molecule has 4 nitrogen and oxygen atoms in total. The summed E-state index contributed by atoms with van der Waals surface area (Å²) in [5.74, 6) is 7.13. The number of hydrogen-bond acceptors (Lipinski definition) is 5. The molecule has 0 saturated heterocycles. The van der Waals surface area contributed by atoms with Crippen LogP contribution in [-0.2, 0) is 5.41 Å². The van der Waals surface area contributed by atoms with Gasteiger partial charge in [-0.25, -0.2) is 15.0 Å². The fourth-order valence-corrected chi connectivity index (χ4v) is 11.4. The molecule has 0 N–H and O–H groups in total. The molecule has 0 amide bonds. The normalized spacial score (nSPS) is 25.2. The van der Waals surface area contributed by atoms with Crippen LogP contribution in [0.2, 0.25) is 0 Å². The average Bonchev–Trinajstić information content (AvgIpc) is 3.43. The molecule has 5 aliphatic carbocycles. The molecule has 12 rings (SSSR count). The van der Waals surface area contributed by atoms with Gasteiger partial charge in [-0.2, -0.15) is 0 Å². The maximum Gasteiger partial charge on any atom is 0.164 e. The molecule has 4 saturated carbocycles. The summed E-state index contributed by atoms with van der Waals surface area (Å²) in [5.41, 5.74) is 8.85. The zero-order valence-electron chi connectivity index (χ0n) is 26.5. The van der Waals surface area contributed by atoms with Crippen LogP contribution in [0.25, 0.3) is 45.3 Å². The van der Waals surface area contributed by atoms with Crippen molar-refractivity contribution in [2.24, 2.45) is 23.7 Å². The monoisotopic (exact) mass is 639 g/mol. The Morgan fingerprint density at radius 2 is 1.15 bits per heavy atom.